The van der Waals surface area contributed by atoms with Gasteiger partial charge in [-0.1, -0.05) is 31.9 Å². The van der Waals surface area contributed by atoms with E-state index in [-0.39, 0.29) is 23.4 Å². The van der Waals surface area contributed by atoms with Crippen LogP contribution in [-0.4, -0.2) is 12.1 Å². The van der Waals surface area contributed by atoms with Crippen LogP contribution in [0.2, 0.25) is 0 Å². The van der Waals surface area contributed by atoms with Crippen LogP contribution < -0.4 is 0 Å². The molecule has 0 saturated heterocycles. The Morgan fingerprint density at radius 2 is 1.90 bits per heavy atom. The monoisotopic (exact) mass is 290 g/mol. The molecule has 0 aliphatic heterocycles. The lowest BCUT2D eigenvalue weighted by atomic mass is 9.70. The van der Waals surface area contributed by atoms with Crippen molar-refractivity contribution in [3.8, 4) is 0 Å². The highest BCUT2D eigenvalue weighted by Crippen LogP contribution is 2.66. The minimum atomic E-state index is 0.0702. The Kier molecular flexibility index (Phi) is 3.50. The standard InChI is InChI=1S/C19H30O2/c1-12(2)13-6-7-14(10-13)17(20)21-16-11-15-8-9-19(16,5)18(15,3)4/h14-16H,6-11H2,1-5H3. The lowest BCUT2D eigenvalue weighted by Gasteiger charge is -2.38. The summed E-state index contributed by atoms with van der Waals surface area (Å²) in [7, 11) is 0. The lowest BCUT2D eigenvalue weighted by Crippen LogP contribution is -2.39. The third kappa shape index (κ3) is 2.17. The van der Waals surface area contributed by atoms with E-state index in [4.69, 9.17) is 4.74 Å². The van der Waals surface area contributed by atoms with Gasteiger partial charge < -0.3 is 4.74 Å². The van der Waals surface area contributed by atoms with E-state index in [1.807, 2.05) is 0 Å². The Bertz CT molecular complexity index is 484. The number of allylic oxidation sites excluding steroid dienone is 2. The zero-order valence-corrected chi connectivity index (χ0v) is 14.3. The third-order valence-corrected chi connectivity index (χ3v) is 7.30. The van der Waals surface area contributed by atoms with Crippen molar-refractivity contribution in [2.45, 2.75) is 79.2 Å². The summed E-state index contributed by atoms with van der Waals surface area (Å²) in [5.74, 6) is 0.916. The Labute approximate surface area is 129 Å². The summed E-state index contributed by atoms with van der Waals surface area (Å²) in [6.45, 7) is 11.4. The van der Waals surface area contributed by atoms with E-state index in [9.17, 15) is 4.79 Å². The SMILES string of the molecule is CC(C)=C1CCC(C(=O)OC2CC3CCC2(C)C3(C)C)C1. The molecular weight excluding hydrogens is 260 g/mol. The smallest absolute Gasteiger partial charge is 0.309 e. The molecule has 0 heterocycles. The first-order chi connectivity index (χ1) is 9.75. The number of ether oxygens (including phenoxy) is 1. The first-order valence-electron chi connectivity index (χ1n) is 8.61. The molecule has 21 heavy (non-hydrogen) atoms. The molecule has 0 aromatic carbocycles. The fourth-order valence-electron chi connectivity index (χ4n) is 5.05. The molecule has 4 atom stereocenters. The van der Waals surface area contributed by atoms with Gasteiger partial charge in [0.25, 0.3) is 0 Å². The Balaban J connectivity index is 1.66. The van der Waals surface area contributed by atoms with E-state index in [0.29, 0.717) is 5.41 Å². The average Bonchev–Trinajstić information content (AvgIpc) is 3.02. The van der Waals surface area contributed by atoms with Gasteiger partial charge in [-0.25, -0.2) is 0 Å². The van der Waals surface area contributed by atoms with Crippen molar-refractivity contribution in [3.63, 3.8) is 0 Å². The van der Waals surface area contributed by atoms with E-state index in [1.165, 1.54) is 24.0 Å². The normalized spacial score (nSPS) is 40.6. The van der Waals surface area contributed by atoms with Gasteiger partial charge in [-0.3, -0.25) is 4.79 Å². The first-order valence-corrected chi connectivity index (χ1v) is 8.61. The molecule has 3 fully saturated rings. The summed E-state index contributed by atoms with van der Waals surface area (Å²) in [5.41, 5.74) is 3.36. The second kappa shape index (κ2) is 4.86. The van der Waals surface area contributed by atoms with Crippen molar-refractivity contribution in [2.75, 3.05) is 0 Å². The summed E-state index contributed by atoms with van der Waals surface area (Å²) in [4.78, 5) is 12.6. The van der Waals surface area contributed by atoms with Crippen molar-refractivity contribution in [3.05, 3.63) is 11.1 Å². The predicted octanol–water partition coefficient (Wildman–Crippen LogP) is 4.88. The van der Waals surface area contributed by atoms with Crippen molar-refractivity contribution in [1.29, 1.82) is 0 Å². The molecule has 0 spiro atoms. The van der Waals surface area contributed by atoms with E-state index in [0.717, 1.165) is 31.6 Å². The number of carbonyl (C=O) groups excluding carboxylic acids is 1. The molecule has 0 N–H and O–H groups in total. The molecule has 2 heteroatoms. The highest BCUT2D eigenvalue weighted by atomic mass is 16.5. The maximum Gasteiger partial charge on any atom is 0.309 e. The molecule has 0 aromatic rings. The van der Waals surface area contributed by atoms with Crippen LogP contribution in [0.1, 0.15) is 73.1 Å². The van der Waals surface area contributed by atoms with Gasteiger partial charge in [0.1, 0.15) is 6.10 Å². The Morgan fingerprint density at radius 1 is 1.19 bits per heavy atom. The fourth-order valence-corrected chi connectivity index (χ4v) is 5.05. The number of hydrogen-bond acceptors (Lipinski definition) is 2. The van der Waals surface area contributed by atoms with Crippen molar-refractivity contribution < 1.29 is 9.53 Å². The molecule has 0 radical (unpaired) electrons. The second-order valence-electron chi connectivity index (χ2n) is 8.58. The fraction of sp³-hybridized carbons (Fsp3) is 0.842. The first kappa shape index (κ1) is 15.1. The topological polar surface area (TPSA) is 26.3 Å². The van der Waals surface area contributed by atoms with Crippen molar-refractivity contribution >= 4 is 5.97 Å². The highest BCUT2D eigenvalue weighted by Gasteiger charge is 2.63. The lowest BCUT2D eigenvalue weighted by molar-refractivity contribution is -0.161. The maximum atomic E-state index is 12.6. The second-order valence-corrected chi connectivity index (χ2v) is 8.58. The molecule has 2 bridgehead atoms. The summed E-state index contributed by atoms with van der Waals surface area (Å²) in [6, 6.07) is 0. The summed E-state index contributed by atoms with van der Waals surface area (Å²) >= 11 is 0. The molecule has 4 unspecified atom stereocenters. The van der Waals surface area contributed by atoms with E-state index in [1.54, 1.807) is 0 Å². The quantitative estimate of drug-likeness (QED) is 0.535. The maximum absolute atomic E-state index is 12.6. The third-order valence-electron chi connectivity index (χ3n) is 7.30. The van der Waals surface area contributed by atoms with Gasteiger partial charge in [-0.15, -0.1) is 0 Å². The van der Waals surface area contributed by atoms with Crippen LogP contribution in [0.25, 0.3) is 0 Å². The van der Waals surface area contributed by atoms with Gasteiger partial charge in [0.2, 0.25) is 0 Å². The number of fused-ring (bicyclic) bond motifs is 2. The molecule has 3 aliphatic rings. The summed E-state index contributed by atoms with van der Waals surface area (Å²) < 4.78 is 6.03. The zero-order valence-electron chi connectivity index (χ0n) is 14.3. The van der Waals surface area contributed by atoms with Crippen LogP contribution in [0.3, 0.4) is 0 Å². The molecule has 0 aromatic heterocycles. The van der Waals surface area contributed by atoms with Crippen LogP contribution in [0.4, 0.5) is 0 Å². The van der Waals surface area contributed by atoms with Crippen molar-refractivity contribution in [2.24, 2.45) is 22.7 Å². The number of rotatable bonds is 2. The van der Waals surface area contributed by atoms with Crippen LogP contribution in [0, 0.1) is 22.7 Å². The molecule has 3 rings (SSSR count). The largest absolute Gasteiger partial charge is 0.462 e. The van der Waals surface area contributed by atoms with Gasteiger partial charge in [0, 0.05) is 5.41 Å². The zero-order chi connectivity index (χ0) is 15.4. The number of esters is 1. The minimum absolute atomic E-state index is 0.0702. The van der Waals surface area contributed by atoms with Crippen LogP contribution in [-0.2, 0) is 9.53 Å². The van der Waals surface area contributed by atoms with Gasteiger partial charge in [0.05, 0.1) is 5.92 Å². The molecule has 3 saturated carbocycles. The molecule has 118 valence electrons. The summed E-state index contributed by atoms with van der Waals surface area (Å²) in [6.07, 6.45) is 6.74. The van der Waals surface area contributed by atoms with Gasteiger partial charge in [-0.2, -0.15) is 0 Å². The van der Waals surface area contributed by atoms with E-state index >= 15 is 0 Å². The van der Waals surface area contributed by atoms with Crippen LogP contribution >= 0.6 is 0 Å². The average molecular weight is 290 g/mol. The summed E-state index contributed by atoms with van der Waals surface area (Å²) in [5, 5.41) is 0. The van der Waals surface area contributed by atoms with Gasteiger partial charge >= 0.3 is 5.97 Å². The molecule has 2 nitrogen and oxygen atoms in total. The van der Waals surface area contributed by atoms with E-state index < -0.39 is 0 Å². The van der Waals surface area contributed by atoms with Crippen LogP contribution in [0.5, 0.6) is 0 Å². The van der Waals surface area contributed by atoms with Gasteiger partial charge in [0.15, 0.2) is 0 Å². The predicted molar refractivity (Wildman–Crippen MR) is 84.8 cm³/mol. The van der Waals surface area contributed by atoms with E-state index in [2.05, 4.69) is 34.6 Å². The Hall–Kier alpha value is -0.790. The van der Waals surface area contributed by atoms with Crippen LogP contribution in [0.15, 0.2) is 11.1 Å². The van der Waals surface area contributed by atoms with Crippen molar-refractivity contribution in [1.82, 2.24) is 0 Å². The minimum Gasteiger partial charge on any atom is -0.462 e. The number of hydrogen-bond donors (Lipinski definition) is 0. The van der Waals surface area contributed by atoms with Gasteiger partial charge in [-0.05, 0) is 63.7 Å². The molecular formula is C19H30O2. The molecule has 3 aliphatic carbocycles. The highest BCUT2D eigenvalue weighted by molar-refractivity contribution is 5.74. The Morgan fingerprint density at radius 3 is 2.38 bits per heavy atom. The molecule has 0 amide bonds. The number of carbonyl (C=O) groups is 1.